The van der Waals surface area contributed by atoms with Gasteiger partial charge < -0.3 is 25.0 Å². The minimum Gasteiger partial charge on any atom is -0.434 e. The Bertz CT molecular complexity index is 785. The number of hydrogen-bond acceptors (Lipinski definition) is 5. The summed E-state index contributed by atoms with van der Waals surface area (Å²) in [5.41, 5.74) is 1.36. The van der Waals surface area contributed by atoms with E-state index in [4.69, 9.17) is 4.74 Å². The number of amides is 2. The van der Waals surface area contributed by atoms with Crippen molar-refractivity contribution >= 4 is 11.8 Å². The third kappa shape index (κ3) is 5.53. The van der Waals surface area contributed by atoms with Crippen molar-refractivity contribution < 1.29 is 23.0 Å². The molecule has 0 radical (unpaired) electrons. The molecular weight excluding hydrogens is 370 g/mol. The molecule has 0 unspecified atom stereocenters. The summed E-state index contributed by atoms with van der Waals surface area (Å²) in [6.07, 6.45) is 1.72. The highest BCUT2D eigenvalue weighted by atomic mass is 19.3. The monoisotopic (exact) mass is 392 g/mol. The van der Waals surface area contributed by atoms with Crippen LogP contribution in [0.1, 0.15) is 11.1 Å². The van der Waals surface area contributed by atoms with Crippen LogP contribution in [0.3, 0.4) is 0 Å². The quantitative estimate of drug-likeness (QED) is 0.757. The number of nitrogens with zero attached hydrogens (tertiary/aromatic N) is 2. The summed E-state index contributed by atoms with van der Waals surface area (Å²) in [5, 5.41) is 5.42. The molecule has 28 heavy (non-hydrogen) atoms. The molecule has 7 nitrogen and oxygen atoms in total. The predicted octanol–water partition coefficient (Wildman–Crippen LogP) is 2.52. The number of benzene rings is 1. The van der Waals surface area contributed by atoms with Gasteiger partial charge in [-0.25, -0.2) is 9.78 Å². The highest BCUT2D eigenvalue weighted by Gasteiger charge is 2.16. The van der Waals surface area contributed by atoms with Crippen molar-refractivity contribution in [2.24, 2.45) is 0 Å². The van der Waals surface area contributed by atoms with E-state index in [0.717, 1.165) is 24.5 Å². The maximum absolute atomic E-state index is 12.5. The lowest BCUT2D eigenvalue weighted by Gasteiger charge is -2.29. The first kappa shape index (κ1) is 19.8. The second kappa shape index (κ2) is 9.84. The number of morpholine rings is 1. The molecule has 0 spiro atoms. The molecule has 0 aliphatic carbocycles. The van der Waals surface area contributed by atoms with E-state index in [9.17, 15) is 13.6 Å². The Labute approximate surface area is 161 Å². The average Bonchev–Trinajstić information content (AvgIpc) is 2.72. The van der Waals surface area contributed by atoms with Crippen LogP contribution in [0.15, 0.2) is 42.6 Å². The number of anilines is 1. The maximum atomic E-state index is 12.5. The van der Waals surface area contributed by atoms with Gasteiger partial charge in [-0.05, 0) is 12.1 Å². The number of ether oxygens (including phenoxy) is 2. The third-order valence-electron chi connectivity index (χ3n) is 4.25. The van der Waals surface area contributed by atoms with Gasteiger partial charge in [-0.2, -0.15) is 8.78 Å². The lowest BCUT2D eigenvalue weighted by atomic mass is 10.2. The van der Waals surface area contributed by atoms with Crippen LogP contribution in [0.4, 0.5) is 19.4 Å². The van der Waals surface area contributed by atoms with Crippen LogP contribution < -0.4 is 20.3 Å². The van der Waals surface area contributed by atoms with Gasteiger partial charge in [-0.15, -0.1) is 0 Å². The molecule has 150 valence electrons. The molecule has 1 aromatic carbocycles. The molecule has 9 heteroatoms. The Hall–Kier alpha value is -2.94. The van der Waals surface area contributed by atoms with Crippen LogP contribution in [0.25, 0.3) is 0 Å². The van der Waals surface area contributed by atoms with Gasteiger partial charge >= 0.3 is 12.6 Å². The summed E-state index contributed by atoms with van der Waals surface area (Å²) in [7, 11) is 0. The molecule has 1 saturated heterocycles. The number of aromatic nitrogens is 1. The average molecular weight is 392 g/mol. The molecule has 2 aromatic rings. The summed E-state index contributed by atoms with van der Waals surface area (Å²) in [4.78, 5) is 18.7. The van der Waals surface area contributed by atoms with Gasteiger partial charge in [-0.3, -0.25) is 0 Å². The van der Waals surface area contributed by atoms with Gasteiger partial charge in [-0.1, -0.05) is 24.3 Å². The van der Waals surface area contributed by atoms with Crippen LogP contribution in [0, 0.1) is 0 Å². The number of hydrogen-bond donors (Lipinski definition) is 2. The van der Waals surface area contributed by atoms with E-state index in [1.807, 2.05) is 12.1 Å². The summed E-state index contributed by atoms with van der Waals surface area (Å²) in [6, 6.07) is 9.65. The fourth-order valence-corrected chi connectivity index (χ4v) is 2.90. The zero-order valence-electron chi connectivity index (χ0n) is 15.2. The first-order chi connectivity index (χ1) is 13.6. The normalized spacial score (nSPS) is 14.0. The molecule has 2 N–H and O–H groups in total. The van der Waals surface area contributed by atoms with E-state index in [1.165, 1.54) is 6.07 Å². The molecule has 2 amide bonds. The molecule has 3 rings (SSSR count). The smallest absolute Gasteiger partial charge is 0.387 e. The Morgan fingerprint density at radius 1 is 1.11 bits per heavy atom. The van der Waals surface area contributed by atoms with Crippen molar-refractivity contribution in [3.63, 3.8) is 0 Å². The molecule has 1 aliphatic heterocycles. The standard InChI is InChI=1S/C19H22F2N4O3/c20-18(21)28-16-6-2-1-4-14(16)12-23-19(26)24-13-15-5-3-7-22-17(15)25-8-10-27-11-9-25/h1-7,18H,8-13H2,(H2,23,24,26). The number of para-hydroxylation sites is 1. The van der Waals surface area contributed by atoms with Gasteiger partial charge in [0.15, 0.2) is 0 Å². The molecule has 1 aromatic heterocycles. The Morgan fingerprint density at radius 3 is 2.54 bits per heavy atom. The minimum atomic E-state index is -2.92. The van der Waals surface area contributed by atoms with Crippen molar-refractivity contribution in [2.75, 3.05) is 31.2 Å². The van der Waals surface area contributed by atoms with Gasteiger partial charge in [0.05, 0.1) is 13.2 Å². The fraction of sp³-hybridized carbons (Fsp3) is 0.368. The summed E-state index contributed by atoms with van der Waals surface area (Å²) in [5.74, 6) is 0.862. The summed E-state index contributed by atoms with van der Waals surface area (Å²) in [6.45, 7) is 0.223. The first-order valence-electron chi connectivity index (χ1n) is 8.94. The largest absolute Gasteiger partial charge is 0.434 e. The number of carbonyl (C=O) groups is 1. The number of carbonyl (C=O) groups excluding carboxylic acids is 1. The molecule has 0 atom stereocenters. The Morgan fingerprint density at radius 2 is 1.79 bits per heavy atom. The second-order valence-electron chi connectivity index (χ2n) is 6.11. The number of halogens is 2. The van der Waals surface area contributed by atoms with Gasteiger partial charge in [0.2, 0.25) is 0 Å². The van der Waals surface area contributed by atoms with Crippen molar-refractivity contribution in [2.45, 2.75) is 19.7 Å². The topological polar surface area (TPSA) is 75.7 Å². The number of nitrogens with one attached hydrogen (secondary N) is 2. The number of alkyl halides is 2. The second-order valence-corrected chi connectivity index (χ2v) is 6.11. The first-order valence-corrected chi connectivity index (χ1v) is 8.94. The van der Waals surface area contributed by atoms with Crippen molar-refractivity contribution in [3.05, 3.63) is 53.7 Å². The van der Waals surface area contributed by atoms with E-state index < -0.39 is 12.6 Å². The summed E-state index contributed by atoms with van der Waals surface area (Å²) >= 11 is 0. The molecule has 0 bridgehead atoms. The van der Waals surface area contributed by atoms with Crippen LogP contribution in [0.2, 0.25) is 0 Å². The van der Waals surface area contributed by atoms with Crippen LogP contribution in [0.5, 0.6) is 5.75 Å². The van der Waals surface area contributed by atoms with E-state index >= 15 is 0 Å². The Kier molecular flexibility index (Phi) is 6.96. The fourth-order valence-electron chi connectivity index (χ4n) is 2.90. The van der Waals surface area contributed by atoms with E-state index in [0.29, 0.717) is 25.3 Å². The third-order valence-corrected chi connectivity index (χ3v) is 4.25. The summed E-state index contributed by atoms with van der Waals surface area (Å²) < 4.78 is 34.7. The molecule has 0 saturated carbocycles. The van der Waals surface area contributed by atoms with Gasteiger partial charge in [0.1, 0.15) is 11.6 Å². The highest BCUT2D eigenvalue weighted by Crippen LogP contribution is 2.20. The lowest BCUT2D eigenvalue weighted by molar-refractivity contribution is -0.0504. The van der Waals surface area contributed by atoms with Crippen molar-refractivity contribution in [1.29, 1.82) is 0 Å². The van der Waals surface area contributed by atoms with Crippen LogP contribution in [-0.2, 0) is 17.8 Å². The van der Waals surface area contributed by atoms with Crippen molar-refractivity contribution in [1.82, 2.24) is 15.6 Å². The molecular formula is C19H22F2N4O3. The van der Waals surface area contributed by atoms with Crippen molar-refractivity contribution in [3.8, 4) is 5.75 Å². The Balaban J connectivity index is 1.54. The van der Waals surface area contributed by atoms with E-state index in [2.05, 4.69) is 25.3 Å². The highest BCUT2D eigenvalue weighted by molar-refractivity contribution is 5.74. The van der Waals surface area contributed by atoms with E-state index in [-0.39, 0.29) is 12.3 Å². The maximum Gasteiger partial charge on any atom is 0.387 e. The number of urea groups is 1. The minimum absolute atomic E-state index is 0.0414. The predicted molar refractivity (Wildman–Crippen MR) is 99.4 cm³/mol. The van der Waals surface area contributed by atoms with E-state index in [1.54, 1.807) is 24.4 Å². The lowest BCUT2D eigenvalue weighted by Crippen LogP contribution is -2.38. The SMILES string of the molecule is O=C(NCc1ccccc1OC(F)F)NCc1cccnc1N1CCOCC1. The molecule has 1 aliphatic rings. The zero-order valence-corrected chi connectivity index (χ0v) is 15.2. The molecule has 1 fully saturated rings. The van der Waals surface area contributed by atoms with Gasteiger partial charge in [0, 0.05) is 43.5 Å². The number of pyridine rings is 1. The molecule has 2 heterocycles. The van der Waals surface area contributed by atoms with Crippen LogP contribution >= 0.6 is 0 Å². The van der Waals surface area contributed by atoms with Gasteiger partial charge in [0.25, 0.3) is 0 Å². The zero-order chi connectivity index (χ0) is 19.8. The number of rotatable bonds is 7. The van der Waals surface area contributed by atoms with Crippen LogP contribution in [-0.4, -0.2) is 43.9 Å².